The number of nitrogens with two attached hydrogens (primary N) is 2. The molecule has 8 nitrogen and oxygen atoms in total. The average molecular weight is 401 g/mol. The van der Waals surface area contributed by atoms with Crippen LogP contribution in [0.2, 0.25) is 5.02 Å². The number of benzene rings is 2. The quantitative estimate of drug-likeness (QED) is 0.701. The number of carbonyl (C=O) groups excluding carboxylic acids is 4. The molecular weight excluding hydrogens is 384 g/mol. The molecule has 3 rings (SSSR count). The predicted molar refractivity (Wildman–Crippen MR) is 104 cm³/mol. The van der Waals surface area contributed by atoms with Crippen molar-refractivity contribution in [2.45, 2.75) is 6.42 Å². The third-order valence-corrected chi connectivity index (χ3v) is 4.73. The van der Waals surface area contributed by atoms with Crippen LogP contribution in [0.15, 0.2) is 42.5 Å². The van der Waals surface area contributed by atoms with Gasteiger partial charge in [0, 0.05) is 29.8 Å². The number of nitrogens with zero attached hydrogens (tertiary/aromatic N) is 1. The molecule has 1 saturated heterocycles. The maximum atomic E-state index is 12.6. The number of nitrogens with one attached hydrogen (secondary N) is 1. The summed E-state index contributed by atoms with van der Waals surface area (Å²) in [6.45, 7) is 0.159. The van der Waals surface area contributed by atoms with Crippen molar-refractivity contribution in [3.63, 3.8) is 0 Å². The Morgan fingerprint density at radius 2 is 1.64 bits per heavy atom. The summed E-state index contributed by atoms with van der Waals surface area (Å²) in [5, 5.41) is 3.03. The van der Waals surface area contributed by atoms with Crippen molar-refractivity contribution >= 4 is 46.6 Å². The van der Waals surface area contributed by atoms with Gasteiger partial charge in [0.05, 0.1) is 16.6 Å². The molecule has 0 aromatic heterocycles. The summed E-state index contributed by atoms with van der Waals surface area (Å²) in [6, 6.07) is 10.8. The molecule has 2 aromatic rings. The minimum Gasteiger partial charge on any atom is -0.366 e. The summed E-state index contributed by atoms with van der Waals surface area (Å²) in [5.41, 5.74) is 11.3. The van der Waals surface area contributed by atoms with Gasteiger partial charge in [-0.15, -0.1) is 0 Å². The third kappa shape index (κ3) is 3.96. The highest BCUT2D eigenvalue weighted by Gasteiger charge is 2.36. The van der Waals surface area contributed by atoms with E-state index in [1.807, 2.05) is 0 Å². The summed E-state index contributed by atoms with van der Waals surface area (Å²) >= 11 is 6.14. The Balaban J connectivity index is 1.79. The number of primary amides is 2. The van der Waals surface area contributed by atoms with Crippen LogP contribution in [-0.4, -0.2) is 30.2 Å². The number of hydrogen-bond acceptors (Lipinski definition) is 4. The SMILES string of the molecule is NC(=O)c1cc(NC(=O)C2CC(=O)N(c3ccccc3Cl)C2)cc(C(N)=O)c1. The van der Waals surface area contributed by atoms with E-state index in [1.165, 1.54) is 23.1 Å². The van der Waals surface area contributed by atoms with Crippen LogP contribution >= 0.6 is 11.6 Å². The fraction of sp³-hybridized carbons (Fsp3) is 0.158. The van der Waals surface area contributed by atoms with E-state index in [4.69, 9.17) is 23.1 Å². The molecule has 1 atom stereocenters. The van der Waals surface area contributed by atoms with Crippen LogP contribution in [0.1, 0.15) is 27.1 Å². The molecule has 1 heterocycles. The van der Waals surface area contributed by atoms with Gasteiger partial charge in [-0.2, -0.15) is 0 Å². The summed E-state index contributed by atoms with van der Waals surface area (Å²) < 4.78 is 0. The Hall–Kier alpha value is -3.39. The first-order valence-electron chi connectivity index (χ1n) is 8.36. The molecule has 1 fully saturated rings. The molecule has 1 unspecified atom stereocenters. The first-order chi connectivity index (χ1) is 13.3. The van der Waals surface area contributed by atoms with Gasteiger partial charge in [0.25, 0.3) is 0 Å². The maximum Gasteiger partial charge on any atom is 0.248 e. The van der Waals surface area contributed by atoms with Gasteiger partial charge in [-0.25, -0.2) is 0 Å². The number of para-hydroxylation sites is 1. The fourth-order valence-electron chi connectivity index (χ4n) is 3.02. The highest BCUT2D eigenvalue weighted by atomic mass is 35.5. The standard InChI is InChI=1S/C19H17ClN4O4/c20-14-3-1-2-4-15(14)24-9-12(8-16(24)25)19(28)23-13-6-10(17(21)26)5-11(7-13)18(22)27/h1-7,12H,8-9H2,(H2,21,26)(H2,22,27)(H,23,28). The highest BCUT2D eigenvalue weighted by molar-refractivity contribution is 6.34. The molecule has 0 bridgehead atoms. The Bertz CT molecular complexity index is 959. The van der Waals surface area contributed by atoms with Crippen molar-refractivity contribution in [1.82, 2.24) is 0 Å². The topological polar surface area (TPSA) is 136 Å². The van der Waals surface area contributed by atoms with Crippen molar-refractivity contribution in [2.75, 3.05) is 16.8 Å². The van der Waals surface area contributed by atoms with Crippen LogP contribution in [-0.2, 0) is 9.59 Å². The minimum absolute atomic E-state index is 0.00917. The average Bonchev–Trinajstić information content (AvgIpc) is 3.03. The summed E-state index contributed by atoms with van der Waals surface area (Å²) in [4.78, 5) is 49.3. The van der Waals surface area contributed by atoms with E-state index < -0.39 is 23.6 Å². The Labute approximate surface area is 165 Å². The van der Waals surface area contributed by atoms with Crippen molar-refractivity contribution < 1.29 is 19.2 Å². The molecule has 144 valence electrons. The summed E-state index contributed by atoms with van der Waals surface area (Å²) in [5.74, 6) is -2.81. The lowest BCUT2D eigenvalue weighted by molar-refractivity contribution is -0.122. The molecule has 0 aliphatic carbocycles. The van der Waals surface area contributed by atoms with Gasteiger partial charge in [0.15, 0.2) is 0 Å². The molecule has 0 saturated carbocycles. The Morgan fingerprint density at radius 1 is 1.04 bits per heavy atom. The number of amides is 4. The lowest BCUT2D eigenvalue weighted by Crippen LogP contribution is -2.28. The second-order valence-corrected chi connectivity index (χ2v) is 6.78. The maximum absolute atomic E-state index is 12.6. The van der Waals surface area contributed by atoms with Gasteiger partial charge in [0.2, 0.25) is 23.6 Å². The van der Waals surface area contributed by atoms with E-state index in [0.29, 0.717) is 10.7 Å². The molecule has 0 spiro atoms. The first kappa shape index (κ1) is 19.4. The second kappa shape index (κ2) is 7.69. The van der Waals surface area contributed by atoms with Crippen molar-refractivity contribution in [3.05, 3.63) is 58.6 Å². The van der Waals surface area contributed by atoms with Gasteiger partial charge in [0.1, 0.15) is 0 Å². The molecular formula is C19H17ClN4O4. The van der Waals surface area contributed by atoms with E-state index >= 15 is 0 Å². The summed E-state index contributed by atoms with van der Waals surface area (Å²) in [6.07, 6.45) is 0.00917. The van der Waals surface area contributed by atoms with Crippen LogP contribution in [0.4, 0.5) is 11.4 Å². The molecule has 4 amide bonds. The van der Waals surface area contributed by atoms with E-state index in [1.54, 1.807) is 24.3 Å². The molecule has 0 radical (unpaired) electrons. The van der Waals surface area contributed by atoms with E-state index in [2.05, 4.69) is 5.32 Å². The second-order valence-electron chi connectivity index (χ2n) is 6.37. The Kier molecular flexibility index (Phi) is 5.32. The number of halogens is 1. The van der Waals surface area contributed by atoms with Gasteiger partial charge in [-0.1, -0.05) is 23.7 Å². The zero-order valence-electron chi connectivity index (χ0n) is 14.6. The lowest BCUT2D eigenvalue weighted by atomic mass is 10.1. The van der Waals surface area contributed by atoms with Crippen LogP contribution in [0.25, 0.3) is 0 Å². The largest absolute Gasteiger partial charge is 0.366 e. The van der Waals surface area contributed by atoms with E-state index in [9.17, 15) is 19.2 Å². The molecule has 9 heteroatoms. The number of carbonyl (C=O) groups is 4. The highest BCUT2D eigenvalue weighted by Crippen LogP contribution is 2.31. The van der Waals surface area contributed by atoms with Gasteiger partial charge < -0.3 is 21.7 Å². The Morgan fingerprint density at radius 3 is 2.21 bits per heavy atom. The molecule has 28 heavy (non-hydrogen) atoms. The summed E-state index contributed by atoms with van der Waals surface area (Å²) in [7, 11) is 0. The van der Waals surface area contributed by atoms with E-state index in [0.717, 1.165) is 0 Å². The number of hydrogen-bond donors (Lipinski definition) is 3. The van der Waals surface area contributed by atoms with Crippen LogP contribution in [0.5, 0.6) is 0 Å². The molecule has 2 aromatic carbocycles. The molecule has 5 N–H and O–H groups in total. The number of rotatable bonds is 5. The van der Waals surface area contributed by atoms with Crippen LogP contribution < -0.4 is 21.7 Å². The van der Waals surface area contributed by atoms with Gasteiger partial charge >= 0.3 is 0 Å². The van der Waals surface area contributed by atoms with Crippen molar-refractivity contribution in [3.8, 4) is 0 Å². The molecule has 1 aliphatic rings. The van der Waals surface area contributed by atoms with Crippen LogP contribution in [0.3, 0.4) is 0 Å². The number of anilines is 2. The first-order valence-corrected chi connectivity index (χ1v) is 8.74. The van der Waals surface area contributed by atoms with Gasteiger partial charge in [-0.05, 0) is 30.3 Å². The van der Waals surface area contributed by atoms with Crippen molar-refractivity contribution in [1.29, 1.82) is 0 Å². The minimum atomic E-state index is -0.764. The smallest absolute Gasteiger partial charge is 0.248 e. The molecule has 1 aliphatic heterocycles. The van der Waals surface area contributed by atoms with Gasteiger partial charge in [-0.3, -0.25) is 19.2 Å². The third-order valence-electron chi connectivity index (χ3n) is 4.41. The van der Waals surface area contributed by atoms with Crippen LogP contribution in [0, 0.1) is 5.92 Å². The monoisotopic (exact) mass is 400 g/mol. The lowest BCUT2D eigenvalue weighted by Gasteiger charge is -2.18. The zero-order valence-corrected chi connectivity index (χ0v) is 15.4. The fourth-order valence-corrected chi connectivity index (χ4v) is 3.25. The zero-order chi connectivity index (χ0) is 20.4. The normalized spacial score (nSPS) is 16.1. The van der Waals surface area contributed by atoms with Crippen molar-refractivity contribution in [2.24, 2.45) is 17.4 Å². The van der Waals surface area contributed by atoms with E-state index in [-0.39, 0.29) is 35.7 Å². The predicted octanol–water partition coefficient (Wildman–Crippen LogP) is 1.53.